The molecule has 0 fully saturated rings. The Morgan fingerprint density at radius 2 is 1.78 bits per heavy atom. The van der Waals surface area contributed by atoms with E-state index in [0.717, 1.165) is 30.1 Å². The summed E-state index contributed by atoms with van der Waals surface area (Å²) in [4.78, 5) is 28.3. The summed E-state index contributed by atoms with van der Waals surface area (Å²) in [6.45, 7) is 8.86. The zero-order chi connectivity index (χ0) is 22.8. The van der Waals surface area contributed by atoms with Crippen molar-refractivity contribution in [2.45, 2.75) is 38.6 Å². The molecule has 1 aromatic heterocycles. The maximum absolute atomic E-state index is 12.8. The van der Waals surface area contributed by atoms with E-state index in [2.05, 4.69) is 17.1 Å². The molecule has 2 heterocycles. The molecule has 0 saturated carbocycles. The molecule has 0 saturated heterocycles. The van der Waals surface area contributed by atoms with E-state index in [4.69, 9.17) is 5.73 Å². The second kappa shape index (κ2) is 10.8. The van der Waals surface area contributed by atoms with Crippen molar-refractivity contribution in [2.75, 3.05) is 31.5 Å². The van der Waals surface area contributed by atoms with Crippen molar-refractivity contribution >= 4 is 50.6 Å². The Hall–Kier alpha value is -1.98. The number of nitrogens with two attached hydrogens (primary N) is 1. The lowest BCUT2D eigenvalue weighted by molar-refractivity contribution is 0.1000. The van der Waals surface area contributed by atoms with Gasteiger partial charge in [-0.25, -0.2) is 8.42 Å². The zero-order valence-electron chi connectivity index (χ0n) is 18.4. The number of hydrogen-bond acceptors (Lipinski definition) is 6. The molecular weight excluding hydrogens is 472 g/mol. The predicted octanol–water partition coefficient (Wildman–Crippen LogP) is 2.93. The molecule has 3 rings (SSSR count). The van der Waals surface area contributed by atoms with Gasteiger partial charge in [-0.2, -0.15) is 4.31 Å². The van der Waals surface area contributed by atoms with Gasteiger partial charge < -0.3 is 11.1 Å². The number of rotatable bonds is 8. The first-order valence-corrected chi connectivity index (χ1v) is 12.6. The number of nitrogens with zero attached hydrogens (tertiary/aromatic N) is 2. The molecule has 0 unspecified atom stereocenters. The van der Waals surface area contributed by atoms with Gasteiger partial charge in [0.1, 0.15) is 5.00 Å². The number of amides is 2. The van der Waals surface area contributed by atoms with Crippen LogP contribution < -0.4 is 11.1 Å². The van der Waals surface area contributed by atoms with Crippen LogP contribution in [0, 0.1) is 0 Å². The molecule has 176 valence electrons. The van der Waals surface area contributed by atoms with Gasteiger partial charge in [-0.1, -0.05) is 20.8 Å². The molecule has 0 radical (unpaired) electrons. The molecule has 1 aromatic carbocycles. The van der Waals surface area contributed by atoms with Crippen molar-refractivity contribution in [3.63, 3.8) is 0 Å². The first-order valence-electron chi connectivity index (χ1n) is 10.3. The van der Waals surface area contributed by atoms with Crippen LogP contribution in [0.1, 0.15) is 51.9 Å². The Bertz CT molecular complexity index is 1080. The smallest absolute Gasteiger partial charge is 0.256 e. The highest BCUT2D eigenvalue weighted by molar-refractivity contribution is 7.89. The van der Waals surface area contributed by atoms with Gasteiger partial charge in [0.15, 0.2) is 0 Å². The van der Waals surface area contributed by atoms with Crippen LogP contribution in [-0.2, 0) is 23.0 Å². The Morgan fingerprint density at radius 1 is 1.16 bits per heavy atom. The average Bonchev–Trinajstić information content (AvgIpc) is 3.11. The van der Waals surface area contributed by atoms with Crippen molar-refractivity contribution in [2.24, 2.45) is 5.73 Å². The van der Waals surface area contributed by atoms with Crippen LogP contribution in [0.4, 0.5) is 5.00 Å². The molecule has 3 N–H and O–H groups in total. The van der Waals surface area contributed by atoms with Crippen LogP contribution in [0.15, 0.2) is 29.2 Å². The number of carbonyl (C=O) groups is 2. The molecule has 0 atom stereocenters. The SMILES string of the molecule is CCN1CCc2c(sc(NC(=O)c3ccc(S(=O)(=O)N(CC)CC)cc3)c2C(N)=O)C1.Cl. The molecule has 11 heteroatoms. The third kappa shape index (κ3) is 5.15. The van der Waals surface area contributed by atoms with Gasteiger partial charge in [0.05, 0.1) is 10.5 Å². The van der Waals surface area contributed by atoms with Crippen LogP contribution in [0.25, 0.3) is 0 Å². The molecule has 32 heavy (non-hydrogen) atoms. The summed E-state index contributed by atoms with van der Waals surface area (Å²) in [7, 11) is -3.59. The average molecular weight is 501 g/mol. The van der Waals surface area contributed by atoms with Crippen molar-refractivity contribution < 1.29 is 18.0 Å². The summed E-state index contributed by atoms with van der Waals surface area (Å²) in [6.07, 6.45) is 0.714. The molecule has 8 nitrogen and oxygen atoms in total. The Morgan fingerprint density at radius 3 is 2.31 bits per heavy atom. The van der Waals surface area contributed by atoms with Gasteiger partial charge in [0.25, 0.3) is 11.8 Å². The highest BCUT2D eigenvalue weighted by Gasteiger charge is 2.27. The summed E-state index contributed by atoms with van der Waals surface area (Å²) in [5, 5.41) is 3.25. The second-order valence-electron chi connectivity index (χ2n) is 7.26. The number of primary amides is 1. The molecule has 0 spiro atoms. The van der Waals surface area contributed by atoms with E-state index >= 15 is 0 Å². The molecule has 1 aliphatic rings. The van der Waals surface area contributed by atoms with Crippen molar-refractivity contribution in [3.05, 3.63) is 45.8 Å². The first-order chi connectivity index (χ1) is 14.7. The number of anilines is 1. The van der Waals surface area contributed by atoms with E-state index in [1.54, 1.807) is 13.8 Å². The number of halogens is 1. The number of hydrogen-bond donors (Lipinski definition) is 2. The monoisotopic (exact) mass is 500 g/mol. The zero-order valence-corrected chi connectivity index (χ0v) is 20.8. The lowest BCUT2D eigenvalue weighted by Crippen LogP contribution is -2.30. The maximum Gasteiger partial charge on any atom is 0.256 e. The summed E-state index contributed by atoms with van der Waals surface area (Å²) in [5.41, 5.74) is 7.21. The normalized spacial score (nSPS) is 14.0. The highest BCUT2D eigenvalue weighted by Crippen LogP contribution is 2.37. The minimum Gasteiger partial charge on any atom is -0.365 e. The summed E-state index contributed by atoms with van der Waals surface area (Å²) in [6, 6.07) is 5.80. The molecule has 2 amide bonds. The van der Waals surface area contributed by atoms with Crippen LogP contribution >= 0.6 is 23.7 Å². The Kier molecular flexibility index (Phi) is 8.83. The van der Waals surface area contributed by atoms with E-state index < -0.39 is 21.8 Å². The number of nitrogens with one attached hydrogen (secondary N) is 1. The minimum absolute atomic E-state index is 0. The van der Waals surface area contributed by atoms with Crippen molar-refractivity contribution in [1.29, 1.82) is 0 Å². The van der Waals surface area contributed by atoms with Crippen LogP contribution in [0.3, 0.4) is 0 Å². The number of thiophene rings is 1. The van der Waals surface area contributed by atoms with Gasteiger partial charge in [0.2, 0.25) is 10.0 Å². The van der Waals surface area contributed by atoms with Crippen molar-refractivity contribution in [3.8, 4) is 0 Å². The fourth-order valence-electron chi connectivity index (χ4n) is 3.74. The van der Waals surface area contributed by atoms with E-state index in [1.165, 1.54) is 39.9 Å². The van der Waals surface area contributed by atoms with Gasteiger partial charge >= 0.3 is 0 Å². The summed E-state index contributed by atoms with van der Waals surface area (Å²) in [5.74, 6) is -0.973. The number of sulfonamides is 1. The lowest BCUT2D eigenvalue weighted by atomic mass is 10.0. The van der Waals surface area contributed by atoms with Crippen molar-refractivity contribution in [1.82, 2.24) is 9.21 Å². The number of carbonyl (C=O) groups excluding carboxylic acids is 2. The Labute approximate surface area is 199 Å². The van der Waals surface area contributed by atoms with E-state index in [1.807, 2.05) is 0 Å². The van der Waals surface area contributed by atoms with Crippen LogP contribution in [0.2, 0.25) is 0 Å². The number of fused-ring (bicyclic) bond motifs is 1. The topological polar surface area (TPSA) is 113 Å². The van der Waals surface area contributed by atoms with Crippen LogP contribution in [-0.4, -0.2) is 55.6 Å². The van der Waals surface area contributed by atoms with E-state index in [0.29, 0.717) is 35.6 Å². The fourth-order valence-corrected chi connectivity index (χ4v) is 6.49. The fraction of sp³-hybridized carbons (Fsp3) is 0.429. The summed E-state index contributed by atoms with van der Waals surface area (Å²) < 4.78 is 26.6. The van der Waals surface area contributed by atoms with Gasteiger partial charge in [-0.05, 0) is 42.8 Å². The molecular formula is C21H29ClN4O4S2. The molecule has 0 aliphatic carbocycles. The largest absolute Gasteiger partial charge is 0.365 e. The maximum atomic E-state index is 12.8. The minimum atomic E-state index is -3.59. The molecule has 1 aliphatic heterocycles. The van der Waals surface area contributed by atoms with Crippen LogP contribution in [0.5, 0.6) is 0 Å². The summed E-state index contributed by atoms with van der Waals surface area (Å²) >= 11 is 1.37. The second-order valence-corrected chi connectivity index (χ2v) is 10.3. The molecule has 2 aromatic rings. The predicted molar refractivity (Wildman–Crippen MR) is 129 cm³/mol. The van der Waals surface area contributed by atoms with Gasteiger partial charge in [0, 0.05) is 36.6 Å². The van der Waals surface area contributed by atoms with E-state index in [-0.39, 0.29) is 17.3 Å². The lowest BCUT2D eigenvalue weighted by Gasteiger charge is -2.25. The standard InChI is InChI=1S/C21H28N4O4S2.ClH/c1-4-24-12-11-16-17(13-24)30-21(18(16)19(22)26)23-20(27)14-7-9-15(10-8-14)31(28,29)25(5-2)6-3;/h7-10H,4-6,11-13H2,1-3H3,(H2,22,26)(H,23,27);1H. The highest BCUT2D eigenvalue weighted by atomic mass is 35.5. The third-order valence-corrected chi connectivity index (χ3v) is 8.71. The van der Waals surface area contributed by atoms with Gasteiger partial charge in [-0.15, -0.1) is 23.7 Å². The third-order valence-electron chi connectivity index (χ3n) is 5.52. The number of likely N-dealkylation sites (N-methyl/N-ethyl adjacent to an activating group) is 1. The first kappa shape index (κ1) is 26.3. The quantitative estimate of drug-likeness (QED) is 0.578. The number of benzene rings is 1. The van der Waals surface area contributed by atoms with E-state index in [9.17, 15) is 18.0 Å². The Balaban J connectivity index is 0.00000363. The molecule has 0 bridgehead atoms. The van der Waals surface area contributed by atoms with Gasteiger partial charge in [-0.3, -0.25) is 14.5 Å².